The second-order valence-electron chi connectivity index (χ2n) is 8.88. The first-order valence-electron chi connectivity index (χ1n) is 10.9. The largest absolute Gasteiger partial charge is 0.387 e. The van der Waals surface area contributed by atoms with E-state index in [-0.39, 0.29) is 23.2 Å². The Hall–Kier alpha value is -3.63. The molecule has 2 bridgehead atoms. The van der Waals surface area contributed by atoms with Crippen LogP contribution in [-0.2, 0) is 11.4 Å². The van der Waals surface area contributed by atoms with Crippen LogP contribution < -0.4 is 10.7 Å². The Labute approximate surface area is 192 Å². The molecule has 3 aliphatic rings. The van der Waals surface area contributed by atoms with Crippen LogP contribution in [0.5, 0.6) is 0 Å². The Morgan fingerprint density at radius 2 is 1.97 bits per heavy atom. The van der Waals surface area contributed by atoms with Gasteiger partial charge in [0.2, 0.25) is 0 Å². The molecule has 1 N–H and O–H groups in total. The fourth-order valence-corrected chi connectivity index (χ4v) is 4.95. The Kier molecular flexibility index (Phi) is 5.22. The number of nitrogens with one attached hydrogen (secondary N) is 1. The number of nitrogens with zero attached hydrogens (tertiary/aromatic N) is 3. The molecule has 4 heterocycles. The van der Waals surface area contributed by atoms with Crippen LogP contribution in [0.4, 0.5) is 13.2 Å². The van der Waals surface area contributed by atoms with Gasteiger partial charge in [-0.05, 0) is 19.8 Å². The van der Waals surface area contributed by atoms with Crippen molar-refractivity contribution in [1.82, 2.24) is 14.8 Å². The Balaban J connectivity index is 1.50. The van der Waals surface area contributed by atoms with Crippen LogP contribution in [0.25, 0.3) is 0 Å². The fourth-order valence-electron chi connectivity index (χ4n) is 4.95. The van der Waals surface area contributed by atoms with E-state index in [1.165, 1.54) is 6.20 Å². The van der Waals surface area contributed by atoms with E-state index < -0.39 is 52.5 Å². The average molecular weight is 474 g/mol. The number of amides is 2. The predicted octanol–water partition coefficient (Wildman–Crippen LogP) is 2.52. The smallest absolute Gasteiger partial charge is 0.270 e. The van der Waals surface area contributed by atoms with Crippen LogP contribution in [-0.4, -0.2) is 45.7 Å². The SMILES string of the molecule is CC1CCC2(CC=NO2)C2CN1C(=O)c1cc(=O)c(C(=O)NCc3c(F)cc(F)cc3F)cn12. The van der Waals surface area contributed by atoms with Gasteiger partial charge < -0.3 is 19.6 Å². The highest BCUT2D eigenvalue weighted by molar-refractivity contribution is 5.97. The molecule has 34 heavy (non-hydrogen) atoms. The third kappa shape index (κ3) is 3.46. The summed E-state index contributed by atoms with van der Waals surface area (Å²) in [5.74, 6) is -4.59. The van der Waals surface area contributed by atoms with E-state index in [4.69, 9.17) is 4.84 Å². The zero-order chi connectivity index (χ0) is 24.2. The number of pyridine rings is 1. The fraction of sp³-hybridized carbons (Fsp3) is 0.391. The van der Waals surface area contributed by atoms with E-state index in [1.54, 1.807) is 15.7 Å². The average Bonchev–Trinajstić information content (AvgIpc) is 3.22. The first kappa shape index (κ1) is 22.2. The van der Waals surface area contributed by atoms with Gasteiger partial charge >= 0.3 is 0 Å². The molecule has 1 spiro atoms. The van der Waals surface area contributed by atoms with Crippen LogP contribution in [0.15, 0.2) is 34.3 Å². The summed E-state index contributed by atoms with van der Waals surface area (Å²) in [7, 11) is 0. The van der Waals surface area contributed by atoms with Gasteiger partial charge in [0.25, 0.3) is 11.8 Å². The van der Waals surface area contributed by atoms with E-state index >= 15 is 0 Å². The lowest BCUT2D eigenvalue weighted by molar-refractivity contribution is -0.0654. The van der Waals surface area contributed by atoms with Crippen molar-refractivity contribution in [3.05, 3.63) is 68.9 Å². The number of oxime groups is 1. The van der Waals surface area contributed by atoms with E-state index in [2.05, 4.69) is 10.5 Å². The summed E-state index contributed by atoms with van der Waals surface area (Å²) in [5, 5.41) is 6.25. The maximum absolute atomic E-state index is 13.9. The molecule has 178 valence electrons. The summed E-state index contributed by atoms with van der Waals surface area (Å²) < 4.78 is 42.6. The molecule has 0 aliphatic carbocycles. The van der Waals surface area contributed by atoms with Gasteiger partial charge in [0.1, 0.15) is 28.7 Å². The van der Waals surface area contributed by atoms with Crippen molar-refractivity contribution in [2.75, 3.05) is 6.54 Å². The Morgan fingerprint density at radius 1 is 1.24 bits per heavy atom. The van der Waals surface area contributed by atoms with Gasteiger partial charge in [0.15, 0.2) is 11.0 Å². The molecule has 0 radical (unpaired) electrons. The Bertz CT molecular complexity index is 1260. The second-order valence-corrected chi connectivity index (χ2v) is 8.88. The topological polar surface area (TPSA) is 93.0 Å². The van der Waals surface area contributed by atoms with Gasteiger partial charge in [-0.1, -0.05) is 5.16 Å². The van der Waals surface area contributed by atoms with Gasteiger partial charge in [-0.25, -0.2) is 13.2 Å². The Morgan fingerprint density at radius 3 is 2.65 bits per heavy atom. The van der Waals surface area contributed by atoms with Gasteiger partial charge in [0, 0.05) is 61.7 Å². The molecule has 8 nitrogen and oxygen atoms in total. The molecule has 1 aromatic carbocycles. The normalized spacial score (nSPS) is 25.2. The number of fused-ring (bicyclic) bond motifs is 5. The maximum Gasteiger partial charge on any atom is 0.270 e. The van der Waals surface area contributed by atoms with Crippen LogP contribution in [0, 0.1) is 17.5 Å². The highest BCUT2D eigenvalue weighted by atomic mass is 19.1. The molecule has 2 aromatic rings. The number of carbonyl (C=O) groups excluding carboxylic acids is 2. The zero-order valence-corrected chi connectivity index (χ0v) is 18.2. The highest BCUT2D eigenvalue weighted by Gasteiger charge is 2.51. The number of rotatable bonds is 3. The van der Waals surface area contributed by atoms with Crippen molar-refractivity contribution in [3.8, 4) is 0 Å². The highest BCUT2D eigenvalue weighted by Crippen LogP contribution is 2.44. The molecule has 2 amide bonds. The number of carbonyl (C=O) groups is 2. The van der Waals surface area contributed by atoms with Crippen LogP contribution in [0.2, 0.25) is 0 Å². The summed E-state index contributed by atoms with van der Waals surface area (Å²) in [6, 6.07) is 1.66. The monoisotopic (exact) mass is 474 g/mol. The van der Waals surface area contributed by atoms with E-state index in [0.29, 0.717) is 37.9 Å². The van der Waals surface area contributed by atoms with Crippen molar-refractivity contribution in [1.29, 1.82) is 0 Å². The van der Waals surface area contributed by atoms with Gasteiger partial charge in [-0.3, -0.25) is 14.4 Å². The summed E-state index contributed by atoms with van der Waals surface area (Å²) >= 11 is 0. The quantitative estimate of drug-likeness (QED) is 0.740. The third-order valence-corrected chi connectivity index (χ3v) is 6.91. The predicted molar refractivity (Wildman–Crippen MR) is 114 cm³/mol. The molecule has 1 aromatic heterocycles. The number of aromatic nitrogens is 1. The lowest BCUT2D eigenvalue weighted by Gasteiger charge is -2.41. The lowest BCUT2D eigenvalue weighted by atomic mass is 9.86. The molecule has 3 unspecified atom stereocenters. The second kappa shape index (κ2) is 8.00. The number of halogens is 3. The summed E-state index contributed by atoms with van der Waals surface area (Å²) in [6.07, 6.45) is 4.79. The zero-order valence-electron chi connectivity index (χ0n) is 18.2. The standard InChI is InChI=1S/C23H21F3N4O4/c1-12-2-3-23(4-5-28-34-23)20-11-29(12)22(33)18-8-19(31)15(10-30(18)20)21(32)27-9-14-16(25)6-13(24)7-17(14)26/h5-8,10,12,20H,2-4,9,11H2,1H3,(H,27,32). The molecule has 11 heteroatoms. The number of hydrogen-bond acceptors (Lipinski definition) is 5. The van der Waals surface area contributed by atoms with Gasteiger partial charge in [-0.15, -0.1) is 0 Å². The number of hydrogen-bond donors (Lipinski definition) is 1. The molecule has 1 saturated heterocycles. The van der Waals surface area contributed by atoms with Crippen LogP contribution >= 0.6 is 0 Å². The molecule has 3 aliphatic heterocycles. The molecule has 0 saturated carbocycles. The van der Waals surface area contributed by atoms with E-state index in [0.717, 1.165) is 6.07 Å². The minimum Gasteiger partial charge on any atom is -0.387 e. The molecule has 5 rings (SSSR count). The van der Waals surface area contributed by atoms with E-state index in [9.17, 15) is 27.6 Å². The van der Waals surface area contributed by atoms with Gasteiger partial charge in [0.05, 0.1) is 6.04 Å². The van der Waals surface area contributed by atoms with Crippen LogP contribution in [0.1, 0.15) is 58.6 Å². The van der Waals surface area contributed by atoms with Gasteiger partial charge in [-0.2, -0.15) is 0 Å². The van der Waals surface area contributed by atoms with Crippen molar-refractivity contribution < 1.29 is 27.6 Å². The molecule has 3 atom stereocenters. The van der Waals surface area contributed by atoms with Crippen molar-refractivity contribution >= 4 is 18.0 Å². The summed E-state index contributed by atoms with van der Waals surface area (Å²) in [6.45, 7) is 1.67. The van der Waals surface area contributed by atoms with Crippen molar-refractivity contribution in [2.45, 2.75) is 50.4 Å². The molecular weight excluding hydrogens is 453 g/mol. The van der Waals surface area contributed by atoms with Crippen molar-refractivity contribution in [3.63, 3.8) is 0 Å². The van der Waals surface area contributed by atoms with E-state index in [1.807, 2.05) is 6.92 Å². The summed E-state index contributed by atoms with van der Waals surface area (Å²) in [4.78, 5) is 46.2. The maximum atomic E-state index is 13.9. The molecular formula is C23H21F3N4O4. The lowest BCUT2D eigenvalue weighted by Crippen LogP contribution is -2.52. The third-order valence-electron chi connectivity index (χ3n) is 6.91. The minimum absolute atomic E-state index is 0.0640. The summed E-state index contributed by atoms with van der Waals surface area (Å²) in [5.41, 5.74) is -2.12. The molecule has 1 fully saturated rings. The first-order chi connectivity index (χ1) is 16.2. The number of benzene rings is 1. The minimum atomic E-state index is -1.15. The van der Waals surface area contributed by atoms with Crippen molar-refractivity contribution in [2.24, 2.45) is 5.16 Å². The first-order valence-corrected chi connectivity index (χ1v) is 10.9. The van der Waals surface area contributed by atoms with Crippen LogP contribution in [0.3, 0.4) is 0 Å².